The normalized spacial score (nSPS) is 20.0. The zero-order valence-corrected chi connectivity index (χ0v) is 17.3. The van der Waals surface area contributed by atoms with Crippen molar-refractivity contribution in [2.45, 2.75) is 33.1 Å². The number of carbonyl (C=O) groups is 1. The minimum Gasteiger partial charge on any atom is -0.378 e. The van der Waals surface area contributed by atoms with Crippen LogP contribution in [0.5, 0.6) is 0 Å². The van der Waals surface area contributed by atoms with Crippen molar-refractivity contribution in [1.82, 2.24) is 5.43 Å². The summed E-state index contributed by atoms with van der Waals surface area (Å²) >= 11 is 1.61. The van der Waals surface area contributed by atoms with Crippen molar-refractivity contribution in [2.24, 2.45) is 11.0 Å². The number of amides is 1. The predicted octanol–water partition coefficient (Wildman–Crippen LogP) is 3.86. The SMILES string of the molecule is C/C(=N/NC(=O)c1cc2c(s1)CC[C@@H](C)C2)c1ccc(N2CCOCC2)cc1. The van der Waals surface area contributed by atoms with Crippen LogP contribution in [0.15, 0.2) is 35.4 Å². The van der Waals surface area contributed by atoms with Crippen LogP contribution in [0.1, 0.15) is 45.9 Å². The molecule has 148 valence electrons. The van der Waals surface area contributed by atoms with Gasteiger partial charge in [0.1, 0.15) is 0 Å². The van der Waals surface area contributed by atoms with E-state index in [1.165, 1.54) is 22.5 Å². The van der Waals surface area contributed by atoms with E-state index in [4.69, 9.17) is 4.74 Å². The number of nitrogens with one attached hydrogen (secondary N) is 1. The maximum atomic E-state index is 12.5. The maximum Gasteiger partial charge on any atom is 0.281 e. The van der Waals surface area contributed by atoms with Crippen LogP contribution in [0.4, 0.5) is 5.69 Å². The van der Waals surface area contributed by atoms with Crippen molar-refractivity contribution in [3.8, 4) is 0 Å². The Morgan fingerprint density at radius 1 is 1.25 bits per heavy atom. The molecular formula is C22H27N3O2S. The van der Waals surface area contributed by atoms with Crippen LogP contribution < -0.4 is 10.3 Å². The molecule has 5 nitrogen and oxygen atoms in total. The third-order valence-corrected chi connectivity index (χ3v) is 6.78. The van der Waals surface area contributed by atoms with Crippen molar-refractivity contribution in [1.29, 1.82) is 0 Å². The summed E-state index contributed by atoms with van der Waals surface area (Å²) in [5.74, 6) is 0.593. The molecule has 6 heteroatoms. The lowest BCUT2D eigenvalue weighted by atomic mass is 9.90. The lowest BCUT2D eigenvalue weighted by Gasteiger charge is -2.28. The summed E-state index contributed by atoms with van der Waals surface area (Å²) in [4.78, 5) is 17.0. The number of thiophene rings is 1. The van der Waals surface area contributed by atoms with Crippen LogP contribution in [-0.2, 0) is 17.6 Å². The van der Waals surface area contributed by atoms with Gasteiger partial charge in [-0.1, -0.05) is 19.1 Å². The minimum absolute atomic E-state index is 0.115. The van der Waals surface area contributed by atoms with E-state index in [-0.39, 0.29) is 5.91 Å². The molecule has 1 aliphatic heterocycles. The quantitative estimate of drug-likeness (QED) is 0.630. The number of hydrogen-bond acceptors (Lipinski definition) is 5. The molecule has 0 saturated carbocycles. The number of nitrogens with zero attached hydrogens (tertiary/aromatic N) is 2. The summed E-state index contributed by atoms with van der Waals surface area (Å²) in [6.45, 7) is 7.60. The molecule has 0 radical (unpaired) electrons. The summed E-state index contributed by atoms with van der Waals surface area (Å²) in [7, 11) is 0. The van der Waals surface area contributed by atoms with Gasteiger partial charge in [0.25, 0.3) is 5.91 Å². The van der Waals surface area contributed by atoms with Crippen LogP contribution >= 0.6 is 11.3 Å². The highest BCUT2D eigenvalue weighted by molar-refractivity contribution is 7.14. The van der Waals surface area contributed by atoms with Gasteiger partial charge in [-0.25, -0.2) is 5.43 Å². The molecule has 1 aromatic heterocycles. The summed E-state index contributed by atoms with van der Waals surface area (Å²) in [6.07, 6.45) is 3.38. The van der Waals surface area contributed by atoms with E-state index in [0.29, 0.717) is 5.92 Å². The zero-order chi connectivity index (χ0) is 19.5. The van der Waals surface area contributed by atoms with Gasteiger partial charge in [0.2, 0.25) is 0 Å². The number of aryl methyl sites for hydroxylation is 1. The molecule has 1 fully saturated rings. The second kappa shape index (κ2) is 8.45. The maximum absolute atomic E-state index is 12.5. The van der Waals surface area contributed by atoms with Gasteiger partial charge in [0, 0.05) is 23.7 Å². The second-order valence-corrected chi connectivity index (χ2v) is 8.83. The second-order valence-electron chi connectivity index (χ2n) is 7.69. The number of rotatable bonds is 4. The van der Waals surface area contributed by atoms with Crippen LogP contribution in [0.2, 0.25) is 0 Å². The molecule has 2 aliphatic rings. The van der Waals surface area contributed by atoms with Crippen LogP contribution in [0.3, 0.4) is 0 Å². The van der Waals surface area contributed by atoms with Crippen LogP contribution in [-0.4, -0.2) is 37.9 Å². The van der Waals surface area contributed by atoms with Gasteiger partial charge < -0.3 is 9.64 Å². The fourth-order valence-electron chi connectivity index (χ4n) is 3.81. The Kier molecular flexibility index (Phi) is 5.78. The van der Waals surface area contributed by atoms with Crippen molar-refractivity contribution in [2.75, 3.05) is 31.2 Å². The largest absolute Gasteiger partial charge is 0.378 e. The molecule has 0 spiro atoms. The van der Waals surface area contributed by atoms with Crippen molar-refractivity contribution in [3.63, 3.8) is 0 Å². The van der Waals surface area contributed by atoms with E-state index in [2.05, 4.69) is 46.6 Å². The first kappa shape index (κ1) is 19.2. The average molecular weight is 398 g/mol. The van der Waals surface area contributed by atoms with E-state index in [0.717, 1.165) is 55.3 Å². The Morgan fingerprint density at radius 3 is 2.75 bits per heavy atom. The molecule has 1 atom stereocenters. The Balaban J connectivity index is 1.39. The first-order valence-corrected chi connectivity index (χ1v) is 10.8. The number of fused-ring (bicyclic) bond motifs is 1. The van der Waals surface area contributed by atoms with Gasteiger partial charge in [-0.05, 0) is 61.4 Å². The molecular weight excluding hydrogens is 370 g/mol. The third-order valence-electron chi connectivity index (χ3n) is 5.54. The number of hydrogen-bond donors (Lipinski definition) is 1. The average Bonchev–Trinajstić information content (AvgIpc) is 3.16. The van der Waals surface area contributed by atoms with Gasteiger partial charge in [0.15, 0.2) is 0 Å². The van der Waals surface area contributed by atoms with Gasteiger partial charge in [-0.3, -0.25) is 4.79 Å². The first-order chi connectivity index (χ1) is 13.6. The number of ether oxygens (including phenoxy) is 1. The fourth-order valence-corrected chi connectivity index (χ4v) is 4.91. The predicted molar refractivity (Wildman–Crippen MR) is 115 cm³/mol. The van der Waals surface area contributed by atoms with Crippen LogP contribution in [0, 0.1) is 5.92 Å². The highest BCUT2D eigenvalue weighted by Gasteiger charge is 2.20. The zero-order valence-electron chi connectivity index (χ0n) is 16.5. The molecule has 28 heavy (non-hydrogen) atoms. The van der Waals surface area contributed by atoms with Crippen molar-refractivity contribution in [3.05, 3.63) is 51.2 Å². The highest BCUT2D eigenvalue weighted by atomic mass is 32.1. The molecule has 1 aromatic carbocycles. The Labute approximate surface area is 170 Å². The molecule has 1 aliphatic carbocycles. The molecule has 4 rings (SSSR count). The Bertz CT molecular complexity index is 866. The molecule has 0 bridgehead atoms. The molecule has 1 amide bonds. The lowest BCUT2D eigenvalue weighted by molar-refractivity contribution is 0.0959. The molecule has 1 saturated heterocycles. The molecule has 2 aromatic rings. The number of anilines is 1. The van der Waals surface area contributed by atoms with E-state index in [9.17, 15) is 4.79 Å². The summed E-state index contributed by atoms with van der Waals surface area (Å²) in [5.41, 5.74) is 7.08. The van der Waals surface area contributed by atoms with Gasteiger partial charge in [-0.2, -0.15) is 5.10 Å². The fraction of sp³-hybridized carbons (Fsp3) is 0.455. The van der Waals surface area contributed by atoms with Crippen molar-refractivity contribution >= 4 is 28.6 Å². The third kappa shape index (κ3) is 4.28. The van der Waals surface area contributed by atoms with E-state index >= 15 is 0 Å². The smallest absolute Gasteiger partial charge is 0.281 e. The van der Waals surface area contributed by atoms with Gasteiger partial charge >= 0.3 is 0 Å². The monoisotopic (exact) mass is 397 g/mol. The molecule has 1 N–H and O–H groups in total. The Morgan fingerprint density at radius 2 is 2.00 bits per heavy atom. The summed E-state index contributed by atoms with van der Waals surface area (Å²) in [6, 6.07) is 10.4. The summed E-state index contributed by atoms with van der Waals surface area (Å²) in [5, 5.41) is 4.32. The number of carbonyl (C=O) groups excluding carboxylic acids is 1. The summed E-state index contributed by atoms with van der Waals surface area (Å²) < 4.78 is 5.41. The van der Waals surface area contributed by atoms with Gasteiger partial charge in [0.05, 0.1) is 23.8 Å². The topological polar surface area (TPSA) is 53.9 Å². The van der Waals surface area contributed by atoms with Crippen LogP contribution in [0.25, 0.3) is 0 Å². The van der Waals surface area contributed by atoms with E-state index in [1.807, 2.05) is 13.0 Å². The highest BCUT2D eigenvalue weighted by Crippen LogP contribution is 2.32. The van der Waals surface area contributed by atoms with Gasteiger partial charge in [-0.15, -0.1) is 11.3 Å². The standard InChI is InChI=1S/C22H27N3O2S/c1-15-3-8-20-18(13-15)14-21(28-20)22(26)24-23-16(2)17-4-6-19(7-5-17)25-9-11-27-12-10-25/h4-7,14-15H,3,8-13H2,1-2H3,(H,24,26)/b23-16-/t15-/m1/s1. The number of hydrazone groups is 1. The minimum atomic E-state index is -0.115. The molecule has 2 heterocycles. The number of morpholine rings is 1. The first-order valence-electron chi connectivity index (χ1n) is 9.99. The van der Waals surface area contributed by atoms with E-state index < -0.39 is 0 Å². The molecule has 0 unspecified atom stereocenters. The number of benzene rings is 1. The Hall–Kier alpha value is -2.18. The lowest BCUT2D eigenvalue weighted by Crippen LogP contribution is -2.36. The van der Waals surface area contributed by atoms with Crippen molar-refractivity contribution < 1.29 is 9.53 Å². The van der Waals surface area contributed by atoms with E-state index in [1.54, 1.807) is 11.3 Å².